The molecule has 202 valence electrons. The van der Waals surface area contributed by atoms with E-state index in [1.54, 1.807) is 7.11 Å². The number of imidazole rings is 1. The highest BCUT2D eigenvalue weighted by Crippen LogP contribution is 2.35. The average molecular weight is 549 g/mol. The van der Waals surface area contributed by atoms with E-state index in [0.717, 1.165) is 36.6 Å². The SMILES string of the molecule is COc1ccc(S[C@@H]2C[C@@H](C(=O)NCc3cn4ccccc4n3)N(Cc3ccc(-c4ccccc4)cc3)C2)cc1. The van der Waals surface area contributed by atoms with Gasteiger partial charge in [0, 0.05) is 35.6 Å². The van der Waals surface area contributed by atoms with E-state index >= 15 is 0 Å². The Morgan fingerprint density at radius 1 is 0.950 bits per heavy atom. The Hall–Kier alpha value is -4.07. The number of hydrogen-bond donors (Lipinski definition) is 1. The molecule has 6 nitrogen and oxygen atoms in total. The van der Waals surface area contributed by atoms with Crippen molar-refractivity contribution in [1.29, 1.82) is 0 Å². The number of thioether (sulfide) groups is 1. The first kappa shape index (κ1) is 26.2. The van der Waals surface area contributed by atoms with Crippen LogP contribution in [0.2, 0.25) is 0 Å². The number of nitrogens with one attached hydrogen (secondary N) is 1. The minimum Gasteiger partial charge on any atom is -0.497 e. The number of fused-ring (bicyclic) bond motifs is 1. The van der Waals surface area contributed by atoms with Crippen LogP contribution >= 0.6 is 11.8 Å². The van der Waals surface area contributed by atoms with Crippen LogP contribution < -0.4 is 10.1 Å². The summed E-state index contributed by atoms with van der Waals surface area (Å²) in [4.78, 5) is 21.7. The van der Waals surface area contributed by atoms with Crippen LogP contribution in [0.3, 0.4) is 0 Å². The first-order chi connectivity index (χ1) is 19.6. The Morgan fingerprint density at radius 3 is 2.45 bits per heavy atom. The minimum atomic E-state index is -0.207. The third-order valence-electron chi connectivity index (χ3n) is 7.33. The number of aromatic nitrogens is 2. The van der Waals surface area contributed by atoms with Crippen LogP contribution in [0.5, 0.6) is 5.75 Å². The fraction of sp³-hybridized carbons (Fsp3) is 0.212. The maximum absolute atomic E-state index is 13.5. The third kappa shape index (κ3) is 6.06. The minimum absolute atomic E-state index is 0.0517. The van der Waals surface area contributed by atoms with Gasteiger partial charge in [0.1, 0.15) is 11.4 Å². The second-order valence-corrected chi connectivity index (χ2v) is 11.4. The summed E-state index contributed by atoms with van der Waals surface area (Å²) in [7, 11) is 1.68. The molecule has 1 saturated heterocycles. The van der Waals surface area contributed by atoms with E-state index in [9.17, 15) is 4.79 Å². The summed E-state index contributed by atoms with van der Waals surface area (Å²) in [6.07, 6.45) is 4.73. The molecule has 3 aromatic carbocycles. The van der Waals surface area contributed by atoms with Gasteiger partial charge in [-0.15, -0.1) is 11.8 Å². The lowest BCUT2D eigenvalue weighted by Crippen LogP contribution is -2.42. The predicted molar refractivity (Wildman–Crippen MR) is 160 cm³/mol. The van der Waals surface area contributed by atoms with E-state index in [0.29, 0.717) is 11.8 Å². The van der Waals surface area contributed by atoms with E-state index in [-0.39, 0.29) is 11.9 Å². The van der Waals surface area contributed by atoms with Crippen molar-refractivity contribution in [3.8, 4) is 16.9 Å². The van der Waals surface area contributed by atoms with Crippen LogP contribution in [0, 0.1) is 0 Å². The second-order valence-electron chi connectivity index (χ2n) is 10.1. The molecular formula is C33H32N4O2S. The maximum atomic E-state index is 13.5. The quantitative estimate of drug-likeness (QED) is 0.243. The fourth-order valence-electron chi connectivity index (χ4n) is 5.28. The van der Waals surface area contributed by atoms with Crippen LogP contribution in [0.4, 0.5) is 0 Å². The van der Waals surface area contributed by atoms with Crippen LogP contribution in [0.1, 0.15) is 17.7 Å². The molecule has 7 heteroatoms. The van der Waals surface area contributed by atoms with Crippen molar-refractivity contribution < 1.29 is 9.53 Å². The smallest absolute Gasteiger partial charge is 0.237 e. The van der Waals surface area contributed by atoms with Gasteiger partial charge < -0.3 is 14.5 Å². The Balaban J connectivity index is 1.16. The van der Waals surface area contributed by atoms with Gasteiger partial charge in [-0.1, -0.05) is 60.7 Å². The maximum Gasteiger partial charge on any atom is 0.237 e. The van der Waals surface area contributed by atoms with Gasteiger partial charge in [0.2, 0.25) is 5.91 Å². The lowest BCUT2D eigenvalue weighted by atomic mass is 10.0. The molecule has 1 N–H and O–H groups in total. The molecule has 0 aliphatic carbocycles. The standard InChI is InChI=1S/C33H32N4O2S/c1-39-28-14-16-29(17-15-28)40-30-19-31(33(38)34-20-27-22-36-18-6-5-9-32(36)35-27)37(23-30)21-24-10-12-26(13-11-24)25-7-3-2-4-8-25/h2-18,22,30-31H,19-21,23H2,1H3,(H,34,38)/t30-,31+/m1/s1. The number of methoxy groups -OCH3 is 1. The van der Waals surface area contributed by atoms with Gasteiger partial charge in [0.15, 0.2) is 0 Å². The van der Waals surface area contributed by atoms with Gasteiger partial charge in [-0.25, -0.2) is 4.98 Å². The molecule has 0 unspecified atom stereocenters. The lowest BCUT2D eigenvalue weighted by molar-refractivity contribution is -0.125. The normalized spacial score (nSPS) is 17.2. The molecule has 0 spiro atoms. The summed E-state index contributed by atoms with van der Waals surface area (Å²) in [5.41, 5.74) is 5.33. The molecule has 40 heavy (non-hydrogen) atoms. The molecule has 1 aliphatic rings. The first-order valence-corrected chi connectivity index (χ1v) is 14.4. The van der Waals surface area contributed by atoms with Crippen LogP contribution in [-0.2, 0) is 17.9 Å². The molecule has 0 bridgehead atoms. The van der Waals surface area contributed by atoms with Crippen molar-refractivity contribution in [1.82, 2.24) is 19.6 Å². The molecule has 6 rings (SSSR count). The highest BCUT2D eigenvalue weighted by atomic mass is 32.2. The molecule has 2 atom stereocenters. The van der Waals surface area contributed by atoms with Crippen molar-refractivity contribution in [3.05, 3.63) is 121 Å². The molecule has 1 aliphatic heterocycles. The molecule has 1 fully saturated rings. The summed E-state index contributed by atoms with van der Waals surface area (Å²) in [6.45, 7) is 1.97. The summed E-state index contributed by atoms with van der Waals surface area (Å²) >= 11 is 1.83. The Morgan fingerprint density at radius 2 is 1.70 bits per heavy atom. The van der Waals surface area contributed by atoms with E-state index < -0.39 is 0 Å². The number of rotatable bonds is 9. The molecule has 5 aromatic rings. The van der Waals surface area contributed by atoms with Crippen LogP contribution in [0.25, 0.3) is 16.8 Å². The van der Waals surface area contributed by atoms with Crippen molar-refractivity contribution in [2.75, 3.05) is 13.7 Å². The van der Waals surface area contributed by atoms with Gasteiger partial charge >= 0.3 is 0 Å². The number of hydrogen-bond acceptors (Lipinski definition) is 5. The number of amides is 1. The largest absolute Gasteiger partial charge is 0.497 e. The molecule has 0 saturated carbocycles. The molecule has 0 radical (unpaired) electrons. The van der Waals surface area contributed by atoms with E-state index in [1.807, 2.05) is 65.0 Å². The number of ether oxygens (including phenoxy) is 1. The predicted octanol–water partition coefficient (Wildman–Crippen LogP) is 6.06. The average Bonchev–Trinajstić information content (AvgIpc) is 3.60. The van der Waals surface area contributed by atoms with Crippen molar-refractivity contribution >= 4 is 23.3 Å². The Labute approximate surface area is 239 Å². The summed E-state index contributed by atoms with van der Waals surface area (Å²) in [5.74, 6) is 0.899. The zero-order valence-electron chi connectivity index (χ0n) is 22.4. The van der Waals surface area contributed by atoms with Crippen LogP contribution in [0.15, 0.2) is 114 Å². The molecule has 3 heterocycles. The summed E-state index contributed by atoms with van der Waals surface area (Å²) in [5, 5.41) is 3.47. The van der Waals surface area contributed by atoms with E-state index in [4.69, 9.17) is 4.74 Å². The first-order valence-electron chi connectivity index (χ1n) is 13.5. The lowest BCUT2D eigenvalue weighted by Gasteiger charge is -2.23. The highest BCUT2D eigenvalue weighted by molar-refractivity contribution is 8.00. The number of carbonyl (C=O) groups is 1. The number of nitrogens with zero attached hydrogens (tertiary/aromatic N) is 3. The number of benzene rings is 3. The topological polar surface area (TPSA) is 58.9 Å². The third-order valence-corrected chi connectivity index (χ3v) is 8.55. The highest BCUT2D eigenvalue weighted by Gasteiger charge is 2.37. The van der Waals surface area contributed by atoms with Gasteiger partial charge in [-0.2, -0.15) is 0 Å². The van der Waals surface area contributed by atoms with Crippen LogP contribution in [-0.4, -0.2) is 45.1 Å². The number of pyridine rings is 1. The number of carbonyl (C=O) groups excluding carboxylic acids is 1. The summed E-state index contributed by atoms with van der Waals surface area (Å²) in [6, 6.07) is 33.0. The van der Waals surface area contributed by atoms with E-state index in [1.165, 1.54) is 21.6 Å². The molecule has 1 amide bonds. The number of likely N-dealkylation sites (tertiary alicyclic amines) is 1. The molecular weight excluding hydrogens is 516 g/mol. The fourth-order valence-corrected chi connectivity index (χ4v) is 6.50. The zero-order chi connectivity index (χ0) is 27.3. The van der Waals surface area contributed by atoms with Crippen molar-refractivity contribution in [2.45, 2.75) is 35.7 Å². The summed E-state index contributed by atoms with van der Waals surface area (Å²) < 4.78 is 7.29. The Bertz CT molecular complexity index is 1540. The van der Waals surface area contributed by atoms with Crippen molar-refractivity contribution in [3.63, 3.8) is 0 Å². The van der Waals surface area contributed by atoms with Gasteiger partial charge in [0.25, 0.3) is 0 Å². The van der Waals surface area contributed by atoms with Crippen molar-refractivity contribution in [2.24, 2.45) is 0 Å². The van der Waals surface area contributed by atoms with E-state index in [2.05, 4.69) is 75.9 Å². The molecule has 2 aromatic heterocycles. The van der Waals surface area contributed by atoms with Gasteiger partial charge in [-0.05, 0) is 59.5 Å². The van der Waals surface area contributed by atoms with Gasteiger partial charge in [-0.3, -0.25) is 9.69 Å². The van der Waals surface area contributed by atoms with Gasteiger partial charge in [0.05, 0.1) is 25.4 Å². The Kier molecular flexibility index (Phi) is 7.84. The second kappa shape index (κ2) is 12.0. The zero-order valence-corrected chi connectivity index (χ0v) is 23.3. The monoisotopic (exact) mass is 548 g/mol.